The summed E-state index contributed by atoms with van der Waals surface area (Å²) in [5.41, 5.74) is 2.55. The van der Waals surface area contributed by atoms with Crippen LogP contribution in [0.2, 0.25) is 0 Å². The molecule has 2 aromatic rings. The van der Waals surface area contributed by atoms with Crippen molar-refractivity contribution in [1.29, 1.82) is 0 Å². The van der Waals surface area contributed by atoms with Crippen molar-refractivity contribution in [3.05, 3.63) is 46.4 Å². The Kier molecular flexibility index (Phi) is 5.21. The maximum atomic E-state index is 8.60. The molecule has 5 nitrogen and oxygen atoms in total. The summed E-state index contributed by atoms with van der Waals surface area (Å²) in [6.45, 7) is 4.28. The fourth-order valence-corrected chi connectivity index (χ4v) is 2.29. The molecule has 0 unspecified atom stereocenters. The second-order valence-corrected chi connectivity index (χ2v) is 5.32. The number of benzene rings is 1. The van der Waals surface area contributed by atoms with Crippen LogP contribution in [0.15, 0.2) is 35.7 Å². The Bertz CT molecular complexity index is 470. The normalized spacial score (nSPS) is 10.8. The Morgan fingerprint density at radius 1 is 1.11 bits per heavy atom. The standard InChI is InChI=1S/C11H12NS.ClHO4/c1-9-8-13-10(2)12(9)11-6-4-3-5-7-11;2-1(3,4)5/h3-8H,1-2H3;(H,2,3,4,5)/q+1;. The lowest BCUT2D eigenvalue weighted by Gasteiger charge is -2.03. The van der Waals surface area contributed by atoms with Gasteiger partial charge in [0.2, 0.25) is 10.7 Å². The smallest absolute Gasteiger partial charge is 0.183 e. The summed E-state index contributed by atoms with van der Waals surface area (Å²) in [5, 5.41) is 3.51. The molecule has 1 aromatic carbocycles. The van der Waals surface area contributed by atoms with E-state index in [2.05, 4.69) is 48.1 Å². The van der Waals surface area contributed by atoms with Gasteiger partial charge in [-0.2, -0.15) is 18.5 Å². The summed E-state index contributed by atoms with van der Waals surface area (Å²) in [7, 11) is -4.69. The van der Waals surface area contributed by atoms with Crippen molar-refractivity contribution in [2.24, 2.45) is 0 Å². The highest BCUT2D eigenvalue weighted by atomic mass is 35.7. The number of aryl methyl sites for hydroxylation is 2. The van der Waals surface area contributed by atoms with Crippen LogP contribution in [0, 0.1) is 24.1 Å². The Morgan fingerprint density at radius 3 is 2.00 bits per heavy atom. The molecule has 0 amide bonds. The maximum absolute atomic E-state index is 8.60. The monoisotopic (exact) mass is 290 g/mol. The van der Waals surface area contributed by atoms with Gasteiger partial charge in [-0.1, -0.05) is 29.5 Å². The first-order valence-corrected chi connectivity index (χ1v) is 7.09. The van der Waals surface area contributed by atoms with E-state index >= 15 is 0 Å². The quantitative estimate of drug-likeness (QED) is 0.648. The van der Waals surface area contributed by atoms with Gasteiger partial charge >= 0.3 is 0 Å². The van der Waals surface area contributed by atoms with Gasteiger partial charge in [-0.3, -0.25) is 0 Å². The average Bonchev–Trinajstić information content (AvgIpc) is 2.57. The Morgan fingerprint density at radius 2 is 1.61 bits per heavy atom. The Labute approximate surface area is 111 Å². The molecule has 0 saturated carbocycles. The van der Waals surface area contributed by atoms with E-state index in [1.165, 1.54) is 16.4 Å². The molecule has 7 heteroatoms. The van der Waals surface area contributed by atoms with Crippen LogP contribution in [0.5, 0.6) is 0 Å². The fraction of sp³-hybridized carbons (Fsp3) is 0.182. The van der Waals surface area contributed by atoms with Crippen molar-refractivity contribution in [3.63, 3.8) is 0 Å². The van der Waals surface area contributed by atoms with Crippen LogP contribution in [-0.4, -0.2) is 4.66 Å². The second-order valence-electron chi connectivity index (χ2n) is 3.46. The van der Waals surface area contributed by atoms with Crippen molar-refractivity contribution in [2.45, 2.75) is 13.8 Å². The summed E-state index contributed by atoms with van der Waals surface area (Å²) in [5.74, 6) is 0. The van der Waals surface area contributed by atoms with Crippen molar-refractivity contribution < 1.29 is 33.4 Å². The second kappa shape index (κ2) is 6.24. The van der Waals surface area contributed by atoms with Crippen LogP contribution in [0.4, 0.5) is 0 Å². The van der Waals surface area contributed by atoms with Crippen LogP contribution in [0.25, 0.3) is 5.69 Å². The molecule has 0 spiro atoms. The molecule has 0 aliphatic heterocycles. The van der Waals surface area contributed by atoms with E-state index in [1.807, 2.05) is 6.07 Å². The predicted molar refractivity (Wildman–Crippen MR) is 57.5 cm³/mol. The van der Waals surface area contributed by atoms with Gasteiger partial charge in [-0.05, 0) is 0 Å². The van der Waals surface area contributed by atoms with Crippen LogP contribution >= 0.6 is 11.3 Å². The Balaban J connectivity index is 0.000000280. The minimum Gasteiger partial charge on any atom is -0.183 e. The third-order valence-electron chi connectivity index (χ3n) is 2.08. The average molecular weight is 291 g/mol. The van der Waals surface area contributed by atoms with Crippen LogP contribution in [-0.2, 0) is 0 Å². The Hall–Kier alpha value is -1.02. The molecule has 0 saturated heterocycles. The molecular formula is C11H13ClNO4S+. The van der Waals surface area contributed by atoms with E-state index in [9.17, 15) is 0 Å². The molecule has 2 rings (SSSR count). The van der Waals surface area contributed by atoms with Gasteiger partial charge in [0, 0.05) is 26.0 Å². The summed E-state index contributed by atoms with van der Waals surface area (Å²) in [6, 6.07) is 10.4. The molecule has 1 heterocycles. The van der Waals surface area contributed by atoms with Gasteiger partial charge < -0.3 is 0 Å². The fourth-order valence-electron chi connectivity index (χ4n) is 1.49. The highest BCUT2D eigenvalue weighted by Crippen LogP contribution is 2.09. The molecular weight excluding hydrogens is 278 g/mol. The van der Waals surface area contributed by atoms with Crippen molar-refractivity contribution >= 4 is 11.3 Å². The number of hydrogen-bond donors (Lipinski definition) is 1. The van der Waals surface area contributed by atoms with Crippen LogP contribution in [0.1, 0.15) is 10.7 Å². The number of aromatic nitrogens is 1. The highest BCUT2D eigenvalue weighted by molar-refractivity contribution is 7.09. The topological polar surface area (TPSA) is 93.3 Å². The molecule has 0 atom stereocenters. The van der Waals surface area contributed by atoms with Crippen LogP contribution in [0.3, 0.4) is 0 Å². The molecule has 0 aliphatic carbocycles. The molecule has 0 aliphatic rings. The van der Waals surface area contributed by atoms with Crippen LogP contribution < -0.4 is 18.5 Å². The van der Waals surface area contributed by atoms with E-state index in [4.69, 9.17) is 18.6 Å². The summed E-state index contributed by atoms with van der Waals surface area (Å²) >= 11 is 1.79. The van der Waals surface area contributed by atoms with Gasteiger partial charge in [0.25, 0.3) is 0 Å². The maximum Gasteiger partial charge on any atom is 0.240 e. The lowest BCUT2D eigenvalue weighted by molar-refractivity contribution is -1.92. The van der Waals surface area contributed by atoms with E-state index in [1.54, 1.807) is 11.3 Å². The number of hydrogen-bond acceptors (Lipinski definition) is 5. The first-order valence-electron chi connectivity index (χ1n) is 4.94. The van der Waals surface area contributed by atoms with Gasteiger partial charge in [0.15, 0.2) is 5.69 Å². The van der Waals surface area contributed by atoms with E-state index in [0.717, 1.165) is 0 Å². The lowest BCUT2D eigenvalue weighted by Crippen LogP contribution is -2.58. The van der Waals surface area contributed by atoms with Gasteiger partial charge in [0.05, 0.1) is 20.3 Å². The third-order valence-corrected chi connectivity index (χ3v) is 3.06. The zero-order valence-electron chi connectivity index (χ0n) is 9.87. The van der Waals surface area contributed by atoms with Gasteiger partial charge in [0.1, 0.15) is 0 Å². The SMILES string of the molecule is Cc1csc(C)[n+]1-c1ccccc1.[O-][Cl+3]([O-])([O-])O. The number of rotatable bonds is 1. The summed E-state index contributed by atoms with van der Waals surface area (Å²) < 4.78 is 35.0. The van der Waals surface area contributed by atoms with E-state index in [-0.39, 0.29) is 0 Å². The minimum atomic E-state index is -4.69. The van der Waals surface area contributed by atoms with E-state index in [0.29, 0.717) is 0 Å². The molecule has 1 N–H and O–H groups in total. The van der Waals surface area contributed by atoms with Crippen molar-refractivity contribution in [3.8, 4) is 5.69 Å². The summed E-state index contributed by atoms with van der Waals surface area (Å²) in [6.07, 6.45) is 0. The molecule has 98 valence electrons. The zero-order chi connectivity index (χ0) is 13.8. The molecule has 0 bridgehead atoms. The minimum absolute atomic E-state index is 1.25. The predicted octanol–water partition coefficient (Wildman–Crippen LogP) is -1.48. The zero-order valence-corrected chi connectivity index (χ0v) is 11.4. The number of halogens is 1. The number of nitrogens with zero attached hydrogens (tertiary/aromatic N) is 1. The number of para-hydroxylation sites is 1. The van der Waals surface area contributed by atoms with Gasteiger partial charge in [-0.25, -0.2) is 0 Å². The lowest BCUT2D eigenvalue weighted by atomic mass is 10.3. The third kappa shape index (κ3) is 5.09. The van der Waals surface area contributed by atoms with E-state index < -0.39 is 10.2 Å². The molecule has 0 fully saturated rings. The molecule has 0 radical (unpaired) electrons. The first kappa shape index (κ1) is 15.0. The molecule has 18 heavy (non-hydrogen) atoms. The number of thiazole rings is 1. The van der Waals surface area contributed by atoms with Crippen molar-refractivity contribution in [1.82, 2.24) is 0 Å². The van der Waals surface area contributed by atoms with Gasteiger partial charge in [-0.15, -0.1) is 0 Å². The highest BCUT2D eigenvalue weighted by Gasteiger charge is 2.14. The first-order chi connectivity index (χ1) is 8.29. The summed E-state index contributed by atoms with van der Waals surface area (Å²) in [4.78, 5) is 0. The van der Waals surface area contributed by atoms with Crippen molar-refractivity contribution in [2.75, 3.05) is 0 Å². The largest absolute Gasteiger partial charge is 0.240 e. The molecule has 1 aromatic heterocycles.